The van der Waals surface area contributed by atoms with Gasteiger partial charge in [-0.25, -0.2) is 0 Å². The van der Waals surface area contributed by atoms with Gasteiger partial charge < -0.3 is 14.6 Å². The minimum Gasteiger partial charge on any atom is -0.497 e. The van der Waals surface area contributed by atoms with E-state index in [0.29, 0.717) is 10.8 Å². The highest BCUT2D eigenvalue weighted by Crippen LogP contribution is 2.23. The topological polar surface area (TPSA) is 64.4 Å². The molecular formula is C19H17ClN2O3. The van der Waals surface area contributed by atoms with Crippen LogP contribution in [0.3, 0.4) is 0 Å². The fourth-order valence-corrected chi connectivity index (χ4v) is 2.50. The maximum Gasteiger partial charge on any atom is 0.273 e. The SMILES string of the molecule is COc1ccc([C@H](C)NC(=O)c2cc(-c3ccc(Cl)cc3)on2)cc1. The molecule has 3 aromatic rings. The molecule has 0 unspecified atom stereocenters. The Labute approximate surface area is 150 Å². The van der Waals surface area contributed by atoms with Gasteiger partial charge in [-0.15, -0.1) is 0 Å². The Kier molecular flexibility index (Phi) is 5.05. The number of aromatic nitrogens is 1. The predicted octanol–water partition coefficient (Wildman–Crippen LogP) is 4.49. The number of nitrogens with zero attached hydrogens (tertiary/aromatic N) is 1. The van der Waals surface area contributed by atoms with Gasteiger partial charge in [0.05, 0.1) is 13.2 Å². The Bertz CT molecular complexity index is 857. The third-order valence-corrected chi connectivity index (χ3v) is 4.09. The van der Waals surface area contributed by atoms with E-state index in [2.05, 4.69) is 10.5 Å². The summed E-state index contributed by atoms with van der Waals surface area (Å²) in [6.07, 6.45) is 0. The molecule has 3 rings (SSSR count). The van der Waals surface area contributed by atoms with E-state index in [9.17, 15) is 4.79 Å². The van der Waals surface area contributed by atoms with Crippen LogP contribution in [-0.4, -0.2) is 18.2 Å². The highest BCUT2D eigenvalue weighted by Gasteiger charge is 2.16. The van der Waals surface area contributed by atoms with E-state index in [1.165, 1.54) is 0 Å². The van der Waals surface area contributed by atoms with E-state index in [-0.39, 0.29) is 17.6 Å². The maximum atomic E-state index is 12.4. The fraction of sp³-hybridized carbons (Fsp3) is 0.158. The van der Waals surface area contributed by atoms with E-state index >= 15 is 0 Å². The van der Waals surface area contributed by atoms with E-state index in [0.717, 1.165) is 16.9 Å². The summed E-state index contributed by atoms with van der Waals surface area (Å²) in [7, 11) is 1.61. The highest BCUT2D eigenvalue weighted by atomic mass is 35.5. The zero-order chi connectivity index (χ0) is 17.8. The number of rotatable bonds is 5. The standard InChI is InChI=1S/C19H17ClN2O3/c1-12(13-5-9-16(24-2)10-6-13)21-19(23)17-11-18(25-22-17)14-3-7-15(20)8-4-14/h3-12H,1-2H3,(H,21,23)/t12-/m0/s1. The third-order valence-electron chi connectivity index (χ3n) is 3.83. The van der Waals surface area contributed by atoms with Crippen LogP contribution in [0.2, 0.25) is 5.02 Å². The van der Waals surface area contributed by atoms with Gasteiger partial charge in [-0.1, -0.05) is 28.9 Å². The number of carbonyl (C=O) groups excluding carboxylic acids is 1. The molecule has 0 radical (unpaired) electrons. The van der Waals surface area contributed by atoms with Crippen LogP contribution in [0.25, 0.3) is 11.3 Å². The number of hydrogen-bond acceptors (Lipinski definition) is 4. The Morgan fingerprint density at radius 1 is 1.16 bits per heavy atom. The van der Waals surface area contributed by atoms with E-state index in [1.807, 2.05) is 43.3 Å². The van der Waals surface area contributed by atoms with Crippen molar-refractivity contribution >= 4 is 17.5 Å². The van der Waals surface area contributed by atoms with Crippen molar-refractivity contribution in [1.82, 2.24) is 10.5 Å². The van der Waals surface area contributed by atoms with Gasteiger partial charge in [0.15, 0.2) is 11.5 Å². The molecule has 0 bridgehead atoms. The summed E-state index contributed by atoms with van der Waals surface area (Å²) in [5.41, 5.74) is 2.00. The lowest BCUT2D eigenvalue weighted by Gasteiger charge is -2.13. The first-order valence-electron chi connectivity index (χ1n) is 7.74. The molecule has 0 saturated heterocycles. The Balaban J connectivity index is 1.69. The molecule has 1 amide bonds. The van der Waals surface area contributed by atoms with Gasteiger partial charge in [-0.3, -0.25) is 4.79 Å². The zero-order valence-electron chi connectivity index (χ0n) is 13.8. The number of ether oxygens (including phenoxy) is 1. The van der Waals surface area contributed by atoms with E-state index in [4.69, 9.17) is 20.9 Å². The summed E-state index contributed by atoms with van der Waals surface area (Å²) < 4.78 is 10.4. The summed E-state index contributed by atoms with van der Waals surface area (Å²) in [4.78, 5) is 12.4. The lowest BCUT2D eigenvalue weighted by atomic mass is 10.1. The number of hydrogen-bond donors (Lipinski definition) is 1. The van der Waals surface area contributed by atoms with Crippen LogP contribution in [0.4, 0.5) is 0 Å². The van der Waals surface area contributed by atoms with E-state index < -0.39 is 0 Å². The molecule has 25 heavy (non-hydrogen) atoms. The monoisotopic (exact) mass is 356 g/mol. The predicted molar refractivity (Wildman–Crippen MR) is 95.8 cm³/mol. The maximum absolute atomic E-state index is 12.4. The largest absolute Gasteiger partial charge is 0.497 e. The number of nitrogens with one attached hydrogen (secondary N) is 1. The van der Waals surface area contributed by atoms with Crippen molar-refractivity contribution in [2.45, 2.75) is 13.0 Å². The van der Waals surface area contributed by atoms with Gasteiger partial charge in [-0.05, 0) is 48.9 Å². The first kappa shape index (κ1) is 17.0. The molecule has 0 aliphatic carbocycles. The van der Waals surface area contributed by atoms with Crippen LogP contribution in [-0.2, 0) is 0 Å². The van der Waals surface area contributed by atoms with Crippen molar-refractivity contribution in [3.63, 3.8) is 0 Å². The quantitative estimate of drug-likeness (QED) is 0.731. The van der Waals surface area contributed by atoms with Crippen molar-refractivity contribution in [3.05, 3.63) is 70.9 Å². The third kappa shape index (κ3) is 4.00. The summed E-state index contributed by atoms with van der Waals surface area (Å²) in [5.74, 6) is 0.984. The minimum absolute atomic E-state index is 0.172. The molecule has 1 N–H and O–H groups in total. The second-order valence-corrected chi connectivity index (χ2v) is 5.99. The van der Waals surface area contributed by atoms with Crippen molar-refractivity contribution in [1.29, 1.82) is 0 Å². The highest BCUT2D eigenvalue weighted by molar-refractivity contribution is 6.30. The minimum atomic E-state index is -0.299. The number of halogens is 1. The van der Waals surface area contributed by atoms with Crippen molar-refractivity contribution in [2.24, 2.45) is 0 Å². The van der Waals surface area contributed by atoms with Gasteiger partial charge >= 0.3 is 0 Å². The molecule has 1 aromatic heterocycles. The molecule has 0 saturated carbocycles. The number of benzene rings is 2. The Hall–Kier alpha value is -2.79. The van der Waals surface area contributed by atoms with Gasteiger partial charge in [0, 0.05) is 16.7 Å². The van der Waals surface area contributed by atoms with Crippen LogP contribution >= 0.6 is 11.6 Å². The summed E-state index contributed by atoms with van der Waals surface area (Å²) in [6, 6.07) is 16.1. The Morgan fingerprint density at radius 3 is 2.48 bits per heavy atom. The zero-order valence-corrected chi connectivity index (χ0v) is 14.6. The molecule has 0 aliphatic heterocycles. The van der Waals surface area contributed by atoms with Crippen LogP contribution in [0.5, 0.6) is 5.75 Å². The average Bonchev–Trinajstić information content (AvgIpc) is 3.12. The molecule has 5 nitrogen and oxygen atoms in total. The van der Waals surface area contributed by atoms with Crippen LogP contribution in [0, 0.1) is 0 Å². The summed E-state index contributed by atoms with van der Waals surface area (Å²) in [6.45, 7) is 1.90. The van der Waals surface area contributed by atoms with Crippen LogP contribution in [0.15, 0.2) is 59.1 Å². The number of carbonyl (C=O) groups is 1. The lowest BCUT2D eigenvalue weighted by Crippen LogP contribution is -2.26. The smallest absolute Gasteiger partial charge is 0.273 e. The number of methoxy groups -OCH3 is 1. The molecule has 128 valence electrons. The summed E-state index contributed by atoms with van der Waals surface area (Å²) in [5, 5.41) is 7.38. The molecule has 2 aromatic carbocycles. The van der Waals surface area contributed by atoms with Crippen molar-refractivity contribution in [2.75, 3.05) is 7.11 Å². The molecular weight excluding hydrogens is 340 g/mol. The molecule has 6 heteroatoms. The average molecular weight is 357 g/mol. The fourth-order valence-electron chi connectivity index (χ4n) is 2.38. The van der Waals surface area contributed by atoms with Gasteiger partial charge in [0.2, 0.25) is 0 Å². The van der Waals surface area contributed by atoms with Crippen molar-refractivity contribution in [3.8, 4) is 17.1 Å². The molecule has 1 heterocycles. The second kappa shape index (κ2) is 7.40. The first-order valence-corrected chi connectivity index (χ1v) is 8.12. The lowest BCUT2D eigenvalue weighted by molar-refractivity contribution is 0.0931. The van der Waals surface area contributed by atoms with Gasteiger partial charge in [0.25, 0.3) is 5.91 Å². The first-order chi connectivity index (χ1) is 12.1. The molecule has 0 fully saturated rings. The molecule has 1 atom stereocenters. The van der Waals surface area contributed by atoms with E-state index in [1.54, 1.807) is 25.3 Å². The second-order valence-electron chi connectivity index (χ2n) is 5.55. The summed E-state index contributed by atoms with van der Waals surface area (Å²) >= 11 is 5.87. The van der Waals surface area contributed by atoms with Crippen molar-refractivity contribution < 1.29 is 14.1 Å². The normalized spacial score (nSPS) is 11.8. The van der Waals surface area contributed by atoms with Gasteiger partial charge in [-0.2, -0.15) is 0 Å². The van der Waals surface area contributed by atoms with Gasteiger partial charge in [0.1, 0.15) is 5.75 Å². The number of amides is 1. The Morgan fingerprint density at radius 2 is 1.84 bits per heavy atom. The van der Waals surface area contributed by atoms with Crippen LogP contribution in [0.1, 0.15) is 29.0 Å². The molecule has 0 spiro atoms. The van der Waals surface area contributed by atoms with Crippen LogP contribution < -0.4 is 10.1 Å². The molecule has 0 aliphatic rings.